The summed E-state index contributed by atoms with van der Waals surface area (Å²) in [5.41, 5.74) is 2.19. The number of hydrogen-bond donors (Lipinski definition) is 1. The van der Waals surface area contributed by atoms with Gasteiger partial charge in [-0.3, -0.25) is 4.99 Å². The van der Waals surface area contributed by atoms with E-state index in [1.807, 2.05) is 54.4 Å². The van der Waals surface area contributed by atoms with Gasteiger partial charge < -0.3 is 29.2 Å². The molecule has 2 aromatic rings. The summed E-state index contributed by atoms with van der Waals surface area (Å²) < 4.78 is 21.3. The number of methoxy groups -OCH3 is 3. The number of rotatable bonds is 10. The van der Waals surface area contributed by atoms with Crippen LogP contribution in [0.15, 0.2) is 47.5 Å². The topological polar surface area (TPSA) is 64.6 Å². The van der Waals surface area contributed by atoms with Crippen LogP contribution in [0.4, 0.5) is 0 Å². The number of ether oxygens (including phenoxy) is 4. The highest BCUT2D eigenvalue weighted by molar-refractivity contribution is 5.79. The maximum Gasteiger partial charge on any atom is 0.193 e. The Morgan fingerprint density at radius 2 is 1.69 bits per heavy atom. The molecule has 0 fully saturated rings. The van der Waals surface area contributed by atoms with Gasteiger partial charge in [0.25, 0.3) is 0 Å². The standard InChI is InChI=1S/C22H31N3O4/c1-23-22(24-15-17-6-9-19(10-7-17)29-13-12-26-3)25(2)16-18-8-11-20(27-4)14-21(18)28-5/h6-11,14H,12-13,15-16H2,1-5H3,(H,23,24). The first-order chi connectivity index (χ1) is 14.1. The molecule has 0 aliphatic rings. The predicted octanol–water partition coefficient (Wildman–Crippen LogP) is 2.94. The van der Waals surface area contributed by atoms with Crippen molar-refractivity contribution in [2.75, 3.05) is 48.6 Å². The van der Waals surface area contributed by atoms with Crippen LogP contribution in [0, 0.1) is 0 Å². The third kappa shape index (κ3) is 6.87. The number of aliphatic imine (C=N–C) groups is 1. The second kappa shape index (κ2) is 11.8. The van der Waals surface area contributed by atoms with Gasteiger partial charge in [-0.1, -0.05) is 12.1 Å². The van der Waals surface area contributed by atoms with Crippen LogP contribution in [0.1, 0.15) is 11.1 Å². The van der Waals surface area contributed by atoms with Gasteiger partial charge in [0.1, 0.15) is 23.9 Å². The van der Waals surface area contributed by atoms with E-state index in [0.29, 0.717) is 26.3 Å². The van der Waals surface area contributed by atoms with Crippen LogP contribution < -0.4 is 19.5 Å². The summed E-state index contributed by atoms with van der Waals surface area (Å²) in [7, 11) is 8.73. The number of guanidine groups is 1. The molecule has 158 valence electrons. The smallest absolute Gasteiger partial charge is 0.193 e. The Kier molecular flexibility index (Phi) is 9.11. The summed E-state index contributed by atoms with van der Waals surface area (Å²) >= 11 is 0. The van der Waals surface area contributed by atoms with Crippen LogP contribution in [0.5, 0.6) is 17.2 Å². The maximum absolute atomic E-state index is 5.59. The van der Waals surface area contributed by atoms with Crippen molar-refractivity contribution in [3.05, 3.63) is 53.6 Å². The lowest BCUT2D eigenvalue weighted by atomic mass is 10.2. The average molecular weight is 402 g/mol. The molecule has 7 heteroatoms. The third-order valence-electron chi connectivity index (χ3n) is 4.41. The number of hydrogen-bond acceptors (Lipinski definition) is 5. The molecule has 0 bridgehead atoms. The third-order valence-corrected chi connectivity index (χ3v) is 4.41. The molecule has 0 saturated heterocycles. The zero-order chi connectivity index (χ0) is 21.1. The fourth-order valence-electron chi connectivity index (χ4n) is 2.83. The monoisotopic (exact) mass is 401 g/mol. The van der Waals surface area contributed by atoms with Gasteiger partial charge in [0.15, 0.2) is 5.96 Å². The fourth-order valence-corrected chi connectivity index (χ4v) is 2.83. The molecule has 0 amide bonds. The SMILES string of the molecule is CN=C(NCc1ccc(OCCOC)cc1)N(C)Cc1ccc(OC)cc1OC. The van der Waals surface area contributed by atoms with Gasteiger partial charge in [-0.05, 0) is 29.8 Å². The average Bonchev–Trinajstić information content (AvgIpc) is 2.75. The summed E-state index contributed by atoms with van der Waals surface area (Å²) in [5.74, 6) is 3.18. The predicted molar refractivity (Wildman–Crippen MR) is 115 cm³/mol. The fraction of sp³-hybridized carbons (Fsp3) is 0.409. The Morgan fingerprint density at radius 1 is 0.966 bits per heavy atom. The molecule has 2 rings (SSSR count). The van der Waals surface area contributed by atoms with Gasteiger partial charge in [0.2, 0.25) is 0 Å². The molecule has 0 aliphatic heterocycles. The van der Waals surface area contributed by atoms with Crippen molar-refractivity contribution in [1.82, 2.24) is 10.2 Å². The molecule has 0 atom stereocenters. The quantitative estimate of drug-likeness (QED) is 0.375. The van der Waals surface area contributed by atoms with E-state index in [1.54, 1.807) is 28.4 Å². The largest absolute Gasteiger partial charge is 0.497 e. The van der Waals surface area contributed by atoms with Crippen molar-refractivity contribution in [3.8, 4) is 17.2 Å². The highest BCUT2D eigenvalue weighted by Crippen LogP contribution is 2.25. The number of nitrogens with one attached hydrogen (secondary N) is 1. The van der Waals surface area contributed by atoms with E-state index in [0.717, 1.165) is 34.3 Å². The Balaban J connectivity index is 1.92. The van der Waals surface area contributed by atoms with Crippen molar-refractivity contribution in [1.29, 1.82) is 0 Å². The van der Waals surface area contributed by atoms with Crippen molar-refractivity contribution < 1.29 is 18.9 Å². The molecule has 0 heterocycles. The second-order valence-electron chi connectivity index (χ2n) is 6.42. The van der Waals surface area contributed by atoms with E-state index in [2.05, 4.69) is 10.3 Å². The van der Waals surface area contributed by atoms with Gasteiger partial charge in [-0.15, -0.1) is 0 Å². The van der Waals surface area contributed by atoms with Crippen LogP contribution in [0.2, 0.25) is 0 Å². The molecule has 0 spiro atoms. The molecule has 0 aromatic heterocycles. The zero-order valence-electron chi connectivity index (χ0n) is 17.9. The normalized spacial score (nSPS) is 11.1. The van der Waals surface area contributed by atoms with E-state index in [1.165, 1.54) is 0 Å². The lowest BCUT2D eigenvalue weighted by Gasteiger charge is -2.23. The lowest BCUT2D eigenvalue weighted by molar-refractivity contribution is 0.146. The molecule has 0 aliphatic carbocycles. The molecule has 7 nitrogen and oxygen atoms in total. The number of nitrogens with zero attached hydrogens (tertiary/aromatic N) is 2. The van der Waals surface area contributed by atoms with Crippen molar-refractivity contribution >= 4 is 5.96 Å². The molecule has 1 N–H and O–H groups in total. The summed E-state index contributed by atoms with van der Waals surface area (Å²) in [5, 5.41) is 3.39. The molecule has 29 heavy (non-hydrogen) atoms. The highest BCUT2D eigenvalue weighted by atomic mass is 16.5. The second-order valence-corrected chi connectivity index (χ2v) is 6.42. The molecule has 2 aromatic carbocycles. The Bertz CT molecular complexity index is 778. The minimum Gasteiger partial charge on any atom is -0.497 e. The van der Waals surface area contributed by atoms with Crippen LogP contribution in [0.3, 0.4) is 0 Å². The Labute approximate surface area is 173 Å². The van der Waals surface area contributed by atoms with E-state index in [4.69, 9.17) is 18.9 Å². The van der Waals surface area contributed by atoms with Crippen molar-refractivity contribution in [3.63, 3.8) is 0 Å². The summed E-state index contributed by atoms with van der Waals surface area (Å²) in [6.07, 6.45) is 0. The van der Waals surface area contributed by atoms with Gasteiger partial charge >= 0.3 is 0 Å². The van der Waals surface area contributed by atoms with Crippen LogP contribution in [-0.4, -0.2) is 59.5 Å². The molecule has 0 radical (unpaired) electrons. The lowest BCUT2D eigenvalue weighted by Crippen LogP contribution is -2.38. The zero-order valence-corrected chi connectivity index (χ0v) is 17.9. The molecular weight excluding hydrogens is 370 g/mol. The summed E-state index contributed by atoms with van der Waals surface area (Å²) in [4.78, 5) is 6.43. The van der Waals surface area contributed by atoms with E-state index >= 15 is 0 Å². The van der Waals surface area contributed by atoms with E-state index in [-0.39, 0.29) is 0 Å². The molecule has 0 saturated carbocycles. The minimum absolute atomic E-state index is 0.542. The maximum atomic E-state index is 5.59. The van der Waals surface area contributed by atoms with Crippen LogP contribution >= 0.6 is 0 Å². The van der Waals surface area contributed by atoms with Gasteiger partial charge in [-0.25, -0.2) is 0 Å². The van der Waals surface area contributed by atoms with Gasteiger partial charge in [0, 0.05) is 45.9 Å². The van der Waals surface area contributed by atoms with E-state index in [9.17, 15) is 0 Å². The summed E-state index contributed by atoms with van der Waals surface area (Å²) in [6.45, 7) is 2.43. The first-order valence-electron chi connectivity index (χ1n) is 9.44. The van der Waals surface area contributed by atoms with Gasteiger partial charge in [-0.2, -0.15) is 0 Å². The Hall–Kier alpha value is -2.93. The van der Waals surface area contributed by atoms with Crippen molar-refractivity contribution in [2.45, 2.75) is 13.1 Å². The van der Waals surface area contributed by atoms with Gasteiger partial charge in [0.05, 0.1) is 20.8 Å². The highest BCUT2D eigenvalue weighted by Gasteiger charge is 2.11. The first kappa shape index (κ1) is 22.4. The molecular formula is C22H31N3O4. The minimum atomic E-state index is 0.542. The van der Waals surface area contributed by atoms with Crippen LogP contribution in [0.25, 0.3) is 0 Å². The van der Waals surface area contributed by atoms with Crippen molar-refractivity contribution in [2.24, 2.45) is 4.99 Å². The number of benzene rings is 2. The first-order valence-corrected chi connectivity index (χ1v) is 9.44. The van der Waals surface area contributed by atoms with Crippen LogP contribution in [-0.2, 0) is 17.8 Å². The molecule has 0 unspecified atom stereocenters. The summed E-state index contributed by atoms with van der Waals surface area (Å²) in [6, 6.07) is 13.8. The Morgan fingerprint density at radius 3 is 2.31 bits per heavy atom. The van der Waals surface area contributed by atoms with E-state index < -0.39 is 0 Å².